The molecule has 1 saturated heterocycles. The van der Waals surface area contributed by atoms with Crippen molar-refractivity contribution in [2.45, 2.75) is 24.8 Å². The number of fused-ring (bicyclic) bond motifs is 1. The third-order valence-electron chi connectivity index (χ3n) is 3.57. The SMILES string of the molecule is N[C@]1(C(=O)O)CCC[C@@H]2CNC[C@H]21. The van der Waals surface area contributed by atoms with Crippen LogP contribution < -0.4 is 11.1 Å². The molecule has 1 aliphatic carbocycles. The molecule has 1 saturated carbocycles. The fourth-order valence-corrected chi connectivity index (χ4v) is 2.75. The van der Waals surface area contributed by atoms with E-state index in [1.54, 1.807) is 0 Å². The maximum atomic E-state index is 11.1. The molecule has 74 valence electrons. The van der Waals surface area contributed by atoms with E-state index in [4.69, 9.17) is 10.8 Å². The molecule has 1 aliphatic heterocycles. The Morgan fingerprint density at radius 1 is 1.54 bits per heavy atom. The van der Waals surface area contributed by atoms with E-state index in [0.29, 0.717) is 12.3 Å². The van der Waals surface area contributed by atoms with Gasteiger partial charge in [0.25, 0.3) is 0 Å². The molecule has 0 aromatic heterocycles. The summed E-state index contributed by atoms with van der Waals surface area (Å²) < 4.78 is 0. The fourth-order valence-electron chi connectivity index (χ4n) is 2.75. The molecule has 1 heterocycles. The van der Waals surface area contributed by atoms with Crippen molar-refractivity contribution in [2.24, 2.45) is 17.6 Å². The largest absolute Gasteiger partial charge is 0.480 e. The lowest BCUT2D eigenvalue weighted by atomic mass is 9.69. The van der Waals surface area contributed by atoms with Crippen LogP contribution in [0.4, 0.5) is 0 Å². The van der Waals surface area contributed by atoms with Crippen molar-refractivity contribution in [1.29, 1.82) is 0 Å². The molecule has 2 aliphatic rings. The fraction of sp³-hybridized carbons (Fsp3) is 0.889. The van der Waals surface area contributed by atoms with E-state index in [1.165, 1.54) is 0 Å². The minimum Gasteiger partial charge on any atom is -0.480 e. The molecule has 0 aromatic rings. The number of rotatable bonds is 1. The average Bonchev–Trinajstić information content (AvgIpc) is 2.53. The minimum absolute atomic E-state index is 0.138. The van der Waals surface area contributed by atoms with Gasteiger partial charge in [-0.25, -0.2) is 0 Å². The third-order valence-corrected chi connectivity index (χ3v) is 3.57. The highest BCUT2D eigenvalue weighted by atomic mass is 16.4. The van der Waals surface area contributed by atoms with Crippen LogP contribution in [0.3, 0.4) is 0 Å². The second kappa shape index (κ2) is 2.96. The van der Waals surface area contributed by atoms with Gasteiger partial charge in [0.15, 0.2) is 0 Å². The Labute approximate surface area is 77.5 Å². The maximum Gasteiger partial charge on any atom is 0.324 e. The molecule has 0 spiro atoms. The summed E-state index contributed by atoms with van der Waals surface area (Å²) in [5.41, 5.74) is 4.98. The van der Waals surface area contributed by atoms with E-state index in [1.807, 2.05) is 0 Å². The highest BCUT2D eigenvalue weighted by Gasteiger charge is 2.49. The van der Waals surface area contributed by atoms with Gasteiger partial charge in [-0.05, 0) is 25.3 Å². The Morgan fingerprint density at radius 3 is 3.00 bits per heavy atom. The Bertz CT molecular complexity index is 232. The molecular formula is C9H16N2O2. The van der Waals surface area contributed by atoms with Gasteiger partial charge < -0.3 is 16.2 Å². The van der Waals surface area contributed by atoms with E-state index in [0.717, 1.165) is 25.9 Å². The molecule has 0 aromatic carbocycles. The van der Waals surface area contributed by atoms with Gasteiger partial charge in [-0.1, -0.05) is 6.42 Å². The Hall–Kier alpha value is -0.610. The number of hydrogen-bond acceptors (Lipinski definition) is 3. The Morgan fingerprint density at radius 2 is 2.31 bits per heavy atom. The minimum atomic E-state index is -0.966. The molecular weight excluding hydrogens is 168 g/mol. The van der Waals surface area contributed by atoms with E-state index in [-0.39, 0.29) is 5.92 Å². The molecule has 0 radical (unpaired) electrons. The summed E-state index contributed by atoms with van der Waals surface area (Å²) in [6.07, 6.45) is 2.71. The summed E-state index contributed by atoms with van der Waals surface area (Å²) in [5.74, 6) is -0.209. The molecule has 2 rings (SSSR count). The number of carboxylic acid groups (broad SMARTS) is 1. The first kappa shape index (κ1) is 8.97. The summed E-state index contributed by atoms with van der Waals surface area (Å²) in [6, 6.07) is 0. The number of hydrogen-bond donors (Lipinski definition) is 3. The zero-order valence-electron chi connectivity index (χ0n) is 7.62. The number of aliphatic carboxylic acids is 1. The normalized spacial score (nSPS) is 44.4. The third kappa shape index (κ3) is 1.25. The molecule has 4 N–H and O–H groups in total. The zero-order chi connectivity index (χ0) is 9.47. The monoisotopic (exact) mass is 184 g/mol. The number of carbonyl (C=O) groups is 1. The van der Waals surface area contributed by atoms with Crippen molar-refractivity contribution < 1.29 is 9.90 Å². The quantitative estimate of drug-likeness (QED) is 0.527. The molecule has 4 heteroatoms. The lowest BCUT2D eigenvalue weighted by Gasteiger charge is -2.38. The average molecular weight is 184 g/mol. The van der Waals surface area contributed by atoms with Crippen molar-refractivity contribution in [1.82, 2.24) is 5.32 Å². The van der Waals surface area contributed by atoms with E-state index >= 15 is 0 Å². The number of nitrogens with one attached hydrogen (secondary N) is 1. The van der Waals surface area contributed by atoms with Crippen LogP contribution in [0.1, 0.15) is 19.3 Å². The van der Waals surface area contributed by atoms with Crippen LogP contribution in [0.15, 0.2) is 0 Å². The molecule has 13 heavy (non-hydrogen) atoms. The van der Waals surface area contributed by atoms with Crippen molar-refractivity contribution in [3.8, 4) is 0 Å². The van der Waals surface area contributed by atoms with Gasteiger partial charge in [0, 0.05) is 12.5 Å². The smallest absolute Gasteiger partial charge is 0.324 e. The van der Waals surface area contributed by atoms with Gasteiger partial charge in [-0.3, -0.25) is 4.79 Å². The summed E-state index contributed by atoms with van der Waals surface area (Å²) >= 11 is 0. The van der Waals surface area contributed by atoms with Crippen LogP contribution in [-0.2, 0) is 4.79 Å². The van der Waals surface area contributed by atoms with Crippen molar-refractivity contribution in [3.05, 3.63) is 0 Å². The highest BCUT2D eigenvalue weighted by molar-refractivity contribution is 5.79. The van der Waals surface area contributed by atoms with Gasteiger partial charge in [-0.2, -0.15) is 0 Å². The molecule has 3 atom stereocenters. The maximum absolute atomic E-state index is 11.1. The van der Waals surface area contributed by atoms with E-state index in [9.17, 15) is 4.79 Å². The van der Waals surface area contributed by atoms with Gasteiger partial charge >= 0.3 is 5.97 Å². The second-order valence-electron chi connectivity index (χ2n) is 4.26. The van der Waals surface area contributed by atoms with Crippen LogP contribution in [0.2, 0.25) is 0 Å². The molecule has 2 fully saturated rings. The lowest BCUT2D eigenvalue weighted by Crippen LogP contribution is -2.58. The lowest BCUT2D eigenvalue weighted by molar-refractivity contribution is -0.147. The van der Waals surface area contributed by atoms with E-state index < -0.39 is 11.5 Å². The Balaban J connectivity index is 2.22. The van der Waals surface area contributed by atoms with Crippen LogP contribution >= 0.6 is 0 Å². The summed E-state index contributed by atoms with van der Waals surface area (Å²) in [6.45, 7) is 1.71. The zero-order valence-corrected chi connectivity index (χ0v) is 7.62. The van der Waals surface area contributed by atoms with Crippen molar-refractivity contribution in [3.63, 3.8) is 0 Å². The van der Waals surface area contributed by atoms with Gasteiger partial charge in [0.2, 0.25) is 0 Å². The van der Waals surface area contributed by atoms with Gasteiger partial charge in [-0.15, -0.1) is 0 Å². The standard InChI is InChI=1S/C9H16N2O2/c10-9(8(12)13)3-1-2-6-4-11-5-7(6)9/h6-7,11H,1-5,10H2,(H,12,13)/t6-,7-,9-/m1/s1. The van der Waals surface area contributed by atoms with Crippen molar-refractivity contribution >= 4 is 5.97 Å². The number of carboxylic acids is 1. The Kier molecular flexibility index (Phi) is 2.04. The first-order valence-corrected chi connectivity index (χ1v) is 4.87. The van der Waals surface area contributed by atoms with Crippen LogP contribution in [0, 0.1) is 11.8 Å². The summed E-state index contributed by atoms with van der Waals surface area (Å²) in [5, 5.41) is 12.3. The van der Waals surface area contributed by atoms with E-state index in [2.05, 4.69) is 5.32 Å². The summed E-state index contributed by atoms with van der Waals surface area (Å²) in [7, 11) is 0. The van der Waals surface area contributed by atoms with Crippen LogP contribution in [-0.4, -0.2) is 29.7 Å². The van der Waals surface area contributed by atoms with Crippen LogP contribution in [0.5, 0.6) is 0 Å². The molecule has 0 bridgehead atoms. The first-order chi connectivity index (χ1) is 6.14. The predicted molar refractivity (Wildman–Crippen MR) is 48.3 cm³/mol. The molecule has 0 amide bonds. The van der Waals surface area contributed by atoms with Gasteiger partial charge in [0.05, 0.1) is 0 Å². The molecule has 4 nitrogen and oxygen atoms in total. The highest BCUT2D eigenvalue weighted by Crippen LogP contribution is 2.38. The second-order valence-corrected chi connectivity index (χ2v) is 4.26. The first-order valence-electron chi connectivity index (χ1n) is 4.87. The predicted octanol–water partition coefficient (Wildman–Crippen LogP) is -0.212. The molecule has 0 unspecified atom stereocenters. The topological polar surface area (TPSA) is 75.4 Å². The van der Waals surface area contributed by atoms with Crippen molar-refractivity contribution in [2.75, 3.05) is 13.1 Å². The van der Waals surface area contributed by atoms with Gasteiger partial charge in [0.1, 0.15) is 5.54 Å². The summed E-state index contributed by atoms with van der Waals surface area (Å²) in [4.78, 5) is 11.1. The van der Waals surface area contributed by atoms with Crippen LogP contribution in [0.25, 0.3) is 0 Å². The number of nitrogens with two attached hydrogens (primary N) is 1.